The number of aryl methyl sites for hydroxylation is 1. The maximum atomic E-state index is 12.5. The van der Waals surface area contributed by atoms with Crippen LogP contribution in [0, 0.1) is 6.92 Å². The molecule has 0 heterocycles. The molecular formula is C20H21F3O4S. The second kappa shape index (κ2) is 10.5. The van der Waals surface area contributed by atoms with Crippen LogP contribution in [0.1, 0.15) is 16.7 Å². The molecular weight excluding hydrogens is 393 g/mol. The van der Waals surface area contributed by atoms with Crippen molar-refractivity contribution < 1.29 is 33.2 Å². The smallest absolute Gasteiger partial charge is 0.416 e. The van der Waals surface area contributed by atoms with Crippen molar-refractivity contribution in [3.05, 3.63) is 65.2 Å². The SMILES string of the molecule is Cc1cc(SCC(O)C=Cc2ccc(C(F)(F)F)cc2)ccc1OCCOO. The van der Waals surface area contributed by atoms with Crippen molar-refractivity contribution in [2.75, 3.05) is 19.0 Å². The van der Waals surface area contributed by atoms with E-state index in [0.29, 0.717) is 17.1 Å². The van der Waals surface area contributed by atoms with Crippen LogP contribution in [0.3, 0.4) is 0 Å². The van der Waals surface area contributed by atoms with Gasteiger partial charge in [0, 0.05) is 10.6 Å². The van der Waals surface area contributed by atoms with Crippen LogP contribution in [0.5, 0.6) is 5.75 Å². The van der Waals surface area contributed by atoms with Crippen molar-refractivity contribution in [3.8, 4) is 5.75 Å². The first-order valence-corrected chi connectivity index (χ1v) is 9.44. The molecule has 2 N–H and O–H groups in total. The Morgan fingerprint density at radius 1 is 1.11 bits per heavy atom. The lowest BCUT2D eigenvalue weighted by Gasteiger charge is -2.11. The third kappa shape index (κ3) is 7.20. The molecule has 2 rings (SSSR count). The molecule has 2 aromatic rings. The summed E-state index contributed by atoms with van der Waals surface area (Å²) in [6, 6.07) is 10.3. The Morgan fingerprint density at radius 3 is 2.43 bits per heavy atom. The van der Waals surface area contributed by atoms with Crippen LogP contribution in [0.4, 0.5) is 13.2 Å². The minimum absolute atomic E-state index is 0.0768. The van der Waals surface area contributed by atoms with Gasteiger partial charge in [-0.15, -0.1) is 11.8 Å². The minimum Gasteiger partial charge on any atom is -0.491 e. The monoisotopic (exact) mass is 414 g/mol. The zero-order valence-electron chi connectivity index (χ0n) is 15.1. The van der Waals surface area contributed by atoms with E-state index in [-0.39, 0.29) is 13.2 Å². The number of hydrogen-bond acceptors (Lipinski definition) is 5. The molecule has 0 amide bonds. The Balaban J connectivity index is 1.85. The fraction of sp³-hybridized carbons (Fsp3) is 0.300. The summed E-state index contributed by atoms with van der Waals surface area (Å²) in [7, 11) is 0. The molecule has 0 saturated heterocycles. The Bertz CT molecular complexity index is 776. The molecule has 0 saturated carbocycles. The normalized spacial score (nSPS) is 13.1. The van der Waals surface area contributed by atoms with Crippen molar-refractivity contribution in [2.45, 2.75) is 24.1 Å². The van der Waals surface area contributed by atoms with Gasteiger partial charge >= 0.3 is 6.18 Å². The first-order valence-electron chi connectivity index (χ1n) is 8.45. The van der Waals surface area contributed by atoms with Gasteiger partial charge < -0.3 is 9.84 Å². The molecule has 0 radical (unpaired) electrons. The predicted molar refractivity (Wildman–Crippen MR) is 102 cm³/mol. The lowest BCUT2D eigenvalue weighted by molar-refractivity contribution is -0.245. The van der Waals surface area contributed by atoms with Gasteiger partial charge in [0.15, 0.2) is 0 Å². The highest BCUT2D eigenvalue weighted by Gasteiger charge is 2.29. The summed E-state index contributed by atoms with van der Waals surface area (Å²) in [6.07, 6.45) is -1.96. The van der Waals surface area contributed by atoms with Crippen molar-refractivity contribution in [1.29, 1.82) is 0 Å². The molecule has 1 atom stereocenters. The first-order chi connectivity index (χ1) is 13.3. The quantitative estimate of drug-likeness (QED) is 0.260. The van der Waals surface area contributed by atoms with Gasteiger partial charge in [0.25, 0.3) is 0 Å². The van der Waals surface area contributed by atoms with E-state index in [4.69, 9.17) is 9.99 Å². The van der Waals surface area contributed by atoms with E-state index < -0.39 is 17.8 Å². The average molecular weight is 414 g/mol. The van der Waals surface area contributed by atoms with Crippen LogP contribution < -0.4 is 4.74 Å². The summed E-state index contributed by atoms with van der Waals surface area (Å²) in [6.45, 7) is 2.20. The molecule has 0 bridgehead atoms. The second-order valence-corrected chi connectivity index (χ2v) is 7.06. The Labute approximate surface area is 165 Å². The highest BCUT2D eigenvalue weighted by Crippen LogP contribution is 2.29. The highest BCUT2D eigenvalue weighted by molar-refractivity contribution is 7.99. The average Bonchev–Trinajstić information content (AvgIpc) is 2.66. The van der Waals surface area contributed by atoms with Crippen LogP contribution in [0.15, 0.2) is 53.4 Å². The zero-order valence-corrected chi connectivity index (χ0v) is 16.0. The summed E-state index contributed by atoms with van der Waals surface area (Å²) in [5.74, 6) is 1.08. The van der Waals surface area contributed by atoms with E-state index in [1.807, 2.05) is 19.1 Å². The van der Waals surface area contributed by atoms with Crippen LogP contribution in [0.2, 0.25) is 0 Å². The van der Waals surface area contributed by atoms with E-state index in [1.54, 1.807) is 18.2 Å². The standard InChI is InChI=1S/C20H21F3O4S/c1-14-12-18(8-9-19(14)26-10-11-27-25)28-13-17(24)7-4-15-2-5-16(6-3-15)20(21,22)23/h2-9,12,17,24-25H,10-11,13H2,1H3. The lowest BCUT2D eigenvalue weighted by Crippen LogP contribution is -2.06. The van der Waals surface area contributed by atoms with E-state index in [2.05, 4.69) is 4.89 Å². The van der Waals surface area contributed by atoms with Crippen molar-refractivity contribution >= 4 is 17.8 Å². The first kappa shape index (κ1) is 22.3. The van der Waals surface area contributed by atoms with Crippen molar-refractivity contribution in [2.24, 2.45) is 0 Å². The Morgan fingerprint density at radius 2 is 1.82 bits per heavy atom. The van der Waals surface area contributed by atoms with Crippen LogP contribution in [-0.2, 0) is 11.1 Å². The molecule has 152 valence electrons. The number of benzene rings is 2. The van der Waals surface area contributed by atoms with E-state index >= 15 is 0 Å². The molecule has 1 unspecified atom stereocenters. The van der Waals surface area contributed by atoms with Crippen molar-refractivity contribution in [1.82, 2.24) is 0 Å². The summed E-state index contributed by atoms with van der Waals surface area (Å²) in [5, 5.41) is 18.4. The highest BCUT2D eigenvalue weighted by atomic mass is 32.2. The van der Waals surface area contributed by atoms with Gasteiger partial charge in [0.2, 0.25) is 0 Å². The number of thioether (sulfide) groups is 1. The molecule has 0 aliphatic heterocycles. The molecule has 0 aliphatic rings. The Kier molecular flexibility index (Phi) is 8.37. The number of aliphatic hydroxyl groups excluding tert-OH is 1. The second-order valence-electron chi connectivity index (χ2n) is 5.97. The summed E-state index contributed by atoms with van der Waals surface area (Å²) in [4.78, 5) is 4.90. The molecule has 4 nitrogen and oxygen atoms in total. The number of hydrogen-bond donors (Lipinski definition) is 2. The lowest BCUT2D eigenvalue weighted by atomic mass is 10.1. The van der Waals surface area contributed by atoms with E-state index in [0.717, 1.165) is 22.6 Å². The molecule has 28 heavy (non-hydrogen) atoms. The molecule has 0 spiro atoms. The summed E-state index contributed by atoms with van der Waals surface area (Å²) >= 11 is 1.45. The molecule has 0 fully saturated rings. The molecule has 0 aliphatic carbocycles. The number of halogens is 3. The van der Waals surface area contributed by atoms with E-state index in [9.17, 15) is 18.3 Å². The van der Waals surface area contributed by atoms with E-state index in [1.165, 1.54) is 23.9 Å². The fourth-order valence-electron chi connectivity index (χ4n) is 2.31. The number of ether oxygens (including phenoxy) is 1. The number of rotatable bonds is 9. The van der Waals surface area contributed by atoms with Crippen LogP contribution >= 0.6 is 11.8 Å². The van der Waals surface area contributed by atoms with Crippen LogP contribution in [-0.4, -0.2) is 35.4 Å². The maximum Gasteiger partial charge on any atom is 0.416 e. The summed E-state index contributed by atoms with van der Waals surface area (Å²) in [5.41, 5.74) is 0.798. The third-order valence-electron chi connectivity index (χ3n) is 3.75. The van der Waals surface area contributed by atoms with Gasteiger partial charge in [0.1, 0.15) is 19.0 Å². The maximum absolute atomic E-state index is 12.5. The van der Waals surface area contributed by atoms with Gasteiger partial charge in [-0.25, -0.2) is 4.89 Å². The van der Waals surface area contributed by atoms with Gasteiger partial charge in [-0.1, -0.05) is 24.3 Å². The number of alkyl halides is 3. The molecule has 8 heteroatoms. The third-order valence-corrected chi connectivity index (χ3v) is 4.84. The molecule has 0 aromatic heterocycles. The predicted octanol–water partition coefficient (Wildman–Crippen LogP) is 5.05. The van der Waals surface area contributed by atoms with Crippen LogP contribution in [0.25, 0.3) is 6.08 Å². The van der Waals surface area contributed by atoms with Crippen molar-refractivity contribution in [3.63, 3.8) is 0 Å². The zero-order chi connectivity index (χ0) is 20.6. The fourth-order valence-corrected chi connectivity index (χ4v) is 3.20. The largest absolute Gasteiger partial charge is 0.491 e. The minimum atomic E-state index is -4.36. The topological polar surface area (TPSA) is 58.9 Å². The Hall–Kier alpha value is -2.00. The number of aliphatic hydroxyl groups is 1. The molecule has 2 aromatic carbocycles. The van der Waals surface area contributed by atoms with Gasteiger partial charge in [-0.05, 0) is 48.4 Å². The van der Waals surface area contributed by atoms with Gasteiger partial charge in [0.05, 0.1) is 11.7 Å². The van der Waals surface area contributed by atoms with Gasteiger partial charge in [-0.3, -0.25) is 5.26 Å². The van der Waals surface area contributed by atoms with Gasteiger partial charge in [-0.2, -0.15) is 13.2 Å². The summed E-state index contributed by atoms with van der Waals surface area (Å²) < 4.78 is 43.1.